The molecule has 10 nitrogen and oxygen atoms in total. The lowest BCUT2D eigenvalue weighted by Gasteiger charge is -2.33. The number of hydrogen-bond acceptors (Lipinski definition) is 6. The SMILES string of the molecule is CCCNC(=O)[C@H](Cc1ccccc1)N(Cc1ccccc1)C(=O)CN(c1cc([N+](=O)[O-])ccc1C)S(C)(=O)=O. The van der Waals surface area contributed by atoms with Crippen molar-refractivity contribution in [3.63, 3.8) is 0 Å². The van der Waals surface area contributed by atoms with Crippen LogP contribution in [0.3, 0.4) is 0 Å². The largest absolute Gasteiger partial charge is 0.354 e. The van der Waals surface area contributed by atoms with Crippen molar-refractivity contribution in [1.82, 2.24) is 10.2 Å². The Morgan fingerprint density at radius 2 is 1.57 bits per heavy atom. The van der Waals surface area contributed by atoms with Crippen molar-refractivity contribution < 1.29 is 22.9 Å². The molecule has 0 unspecified atom stereocenters. The summed E-state index contributed by atoms with van der Waals surface area (Å²) in [5.41, 5.74) is 1.76. The summed E-state index contributed by atoms with van der Waals surface area (Å²) >= 11 is 0. The van der Waals surface area contributed by atoms with Crippen molar-refractivity contribution in [3.8, 4) is 0 Å². The summed E-state index contributed by atoms with van der Waals surface area (Å²) in [5.74, 6) is -0.972. The number of hydrogen-bond donors (Lipinski definition) is 1. The molecule has 212 valence electrons. The number of nitrogens with zero attached hydrogens (tertiary/aromatic N) is 3. The predicted molar refractivity (Wildman–Crippen MR) is 154 cm³/mol. The Bertz CT molecular complexity index is 1430. The summed E-state index contributed by atoms with van der Waals surface area (Å²) < 4.78 is 26.7. The van der Waals surface area contributed by atoms with Gasteiger partial charge in [-0.2, -0.15) is 0 Å². The first kappa shape index (κ1) is 30.3. The van der Waals surface area contributed by atoms with Gasteiger partial charge in [-0.25, -0.2) is 8.42 Å². The number of amides is 2. The van der Waals surface area contributed by atoms with E-state index in [0.717, 1.165) is 27.8 Å². The smallest absolute Gasteiger partial charge is 0.271 e. The average Bonchev–Trinajstić information content (AvgIpc) is 2.93. The molecule has 40 heavy (non-hydrogen) atoms. The molecule has 0 aromatic heterocycles. The van der Waals surface area contributed by atoms with E-state index in [1.807, 2.05) is 67.6 Å². The second-order valence-electron chi connectivity index (χ2n) is 9.50. The van der Waals surface area contributed by atoms with Crippen molar-refractivity contribution in [2.45, 2.75) is 39.3 Å². The highest BCUT2D eigenvalue weighted by molar-refractivity contribution is 7.92. The Morgan fingerprint density at radius 3 is 2.12 bits per heavy atom. The number of nitro benzene ring substituents is 1. The molecule has 3 aromatic rings. The van der Waals surface area contributed by atoms with Crippen LogP contribution in [0.5, 0.6) is 0 Å². The maximum absolute atomic E-state index is 14.0. The van der Waals surface area contributed by atoms with Crippen LogP contribution in [0.15, 0.2) is 78.9 Å². The van der Waals surface area contributed by atoms with Gasteiger partial charge in [-0.1, -0.05) is 73.7 Å². The zero-order valence-electron chi connectivity index (χ0n) is 22.8. The molecule has 3 rings (SSSR count). The van der Waals surface area contributed by atoms with Crippen LogP contribution in [-0.4, -0.2) is 55.4 Å². The minimum atomic E-state index is -4.04. The molecule has 0 fully saturated rings. The molecule has 0 saturated heterocycles. The van der Waals surface area contributed by atoms with Gasteiger partial charge in [0.25, 0.3) is 5.69 Å². The molecule has 1 atom stereocenters. The predicted octanol–water partition coefficient (Wildman–Crippen LogP) is 3.84. The molecular weight excluding hydrogens is 532 g/mol. The third-order valence-corrected chi connectivity index (χ3v) is 7.49. The van der Waals surface area contributed by atoms with Gasteiger partial charge in [-0.15, -0.1) is 0 Å². The van der Waals surface area contributed by atoms with Crippen molar-refractivity contribution >= 4 is 33.2 Å². The van der Waals surface area contributed by atoms with Crippen LogP contribution in [-0.2, 0) is 32.6 Å². The second-order valence-corrected chi connectivity index (χ2v) is 11.4. The Hall–Kier alpha value is -4.25. The molecule has 0 saturated carbocycles. The molecule has 0 bridgehead atoms. The van der Waals surface area contributed by atoms with Gasteiger partial charge in [-0.3, -0.25) is 24.0 Å². The van der Waals surface area contributed by atoms with Gasteiger partial charge >= 0.3 is 0 Å². The van der Waals surface area contributed by atoms with Gasteiger partial charge in [0, 0.05) is 31.6 Å². The van der Waals surface area contributed by atoms with Crippen LogP contribution in [0.2, 0.25) is 0 Å². The summed E-state index contributed by atoms with van der Waals surface area (Å²) in [6, 6.07) is 21.3. The summed E-state index contributed by atoms with van der Waals surface area (Å²) in [6.07, 6.45) is 1.85. The fourth-order valence-electron chi connectivity index (χ4n) is 4.27. The Morgan fingerprint density at radius 1 is 0.975 bits per heavy atom. The maximum Gasteiger partial charge on any atom is 0.271 e. The number of benzene rings is 3. The van der Waals surface area contributed by atoms with Crippen molar-refractivity contribution in [3.05, 3.63) is 106 Å². The first-order valence-electron chi connectivity index (χ1n) is 12.9. The number of non-ortho nitro benzene ring substituents is 1. The average molecular weight is 567 g/mol. The van der Waals surface area contributed by atoms with E-state index < -0.39 is 33.4 Å². The van der Waals surface area contributed by atoms with E-state index in [2.05, 4.69) is 5.32 Å². The number of anilines is 1. The maximum atomic E-state index is 14.0. The third kappa shape index (κ3) is 8.12. The monoisotopic (exact) mass is 566 g/mol. The second kappa shape index (κ2) is 13.7. The number of nitrogens with one attached hydrogen (secondary N) is 1. The fourth-order valence-corrected chi connectivity index (χ4v) is 5.17. The standard InChI is InChI=1S/C29H34N4O6S/c1-4-17-30-29(35)27(18-23-11-7-5-8-12-23)31(20-24-13-9-6-10-14-24)28(34)21-32(40(3,38)39)26-19-25(33(36)37)16-15-22(26)2/h5-16,19,27H,4,17-18,20-21H2,1-3H3,(H,30,35)/t27-/m0/s1. The van der Waals surface area contributed by atoms with Crippen LogP contribution in [0.1, 0.15) is 30.0 Å². The van der Waals surface area contributed by atoms with E-state index in [4.69, 9.17) is 0 Å². The van der Waals surface area contributed by atoms with Gasteiger partial charge < -0.3 is 10.2 Å². The zero-order valence-corrected chi connectivity index (χ0v) is 23.6. The Kier molecular flexibility index (Phi) is 10.4. The van der Waals surface area contributed by atoms with Gasteiger partial charge in [0.05, 0.1) is 16.9 Å². The minimum absolute atomic E-state index is 0.0276. The molecule has 0 aliphatic heterocycles. The molecule has 0 spiro atoms. The quantitative estimate of drug-likeness (QED) is 0.247. The van der Waals surface area contributed by atoms with Crippen molar-refractivity contribution in [2.75, 3.05) is 23.7 Å². The van der Waals surface area contributed by atoms with E-state index in [9.17, 15) is 28.1 Å². The fraction of sp³-hybridized carbons (Fsp3) is 0.310. The third-order valence-electron chi connectivity index (χ3n) is 6.37. The molecule has 0 aliphatic carbocycles. The van der Waals surface area contributed by atoms with Gasteiger partial charge in [0.15, 0.2) is 0 Å². The topological polar surface area (TPSA) is 130 Å². The highest BCUT2D eigenvalue weighted by Gasteiger charge is 2.33. The lowest BCUT2D eigenvalue weighted by atomic mass is 10.0. The molecule has 11 heteroatoms. The van der Waals surface area contributed by atoms with E-state index in [1.165, 1.54) is 17.0 Å². The molecule has 1 N–H and O–H groups in total. The van der Waals surface area contributed by atoms with E-state index >= 15 is 0 Å². The summed E-state index contributed by atoms with van der Waals surface area (Å²) in [6.45, 7) is 3.37. The van der Waals surface area contributed by atoms with E-state index in [0.29, 0.717) is 18.5 Å². The lowest BCUT2D eigenvalue weighted by Crippen LogP contribution is -2.53. The van der Waals surface area contributed by atoms with Crippen LogP contribution >= 0.6 is 0 Å². The van der Waals surface area contributed by atoms with Crippen LogP contribution in [0, 0.1) is 17.0 Å². The van der Waals surface area contributed by atoms with Crippen molar-refractivity contribution in [2.24, 2.45) is 0 Å². The highest BCUT2D eigenvalue weighted by Crippen LogP contribution is 2.28. The summed E-state index contributed by atoms with van der Waals surface area (Å²) in [4.78, 5) is 39.7. The number of carbonyl (C=O) groups excluding carboxylic acids is 2. The first-order valence-corrected chi connectivity index (χ1v) is 14.7. The van der Waals surface area contributed by atoms with Gasteiger partial charge in [0.1, 0.15) is 12.6 Å². The van der Waals surface area contributed by atoms with Gasteiger partial charge in [-0.05, 0) is 30.0 Å². The normalized spacial score (nSPS) is 11.9. The Labute approximate surface area is 234 Å². The Balaban J connectivity index is 2.07. The zero-order chi connectivity index (χ0) is 29.3. The molecule has 0 aliphatic rings. The van der Waals surface area contributed by atoms with Gasteiger partial charge in [0.2, 0.25) is 21.8 Å². The lowest BCUT2D eigenvalue weighted by molar-refractivity contribution is -0.384. The first-order chi connectivity index (χ1) is 19.0. The van der Waals surface area contributed by atoms with E-state index in [-0.39, 0.29) is 30.2 Å². The van der Waals surface area contributed by atoms with Crippen LogP contribution in [0.25, 0.3) is 0 Å². The van der Waals surface area contributed by atoms with E-state index in [1.54, 1.807) is 6.92 Å². The highest BCUT2D eigenvalue weighted by atomic mass is 32.2. The number of rotatable bonds is 13. The number of aryl methyl sites for hydroxylation is 1. The number of carbonyl (C=O) groups is 2. The number of sulfonamides is 1. The van der Waals surface area contributed by atoms with Crippen LogP contribution in [0.4, 0.5) is 11.4 Å². The molecule has 3 aromatic carbocycles. The summed E-state index contributed by atoms with van der Waals surface area (Å²) in [7, 11) is -4.04. The molecule has 0 heterocycles. The molecule has 0 radical (unpaired) electrons. The van der Waals surface area contributed by atoms with Crippen molar-refractivity contribution in [1.29, 1.82) is 0 Å². The molecular formula is C29H34N4O6S. The summed E-state index contributed by atoms with van der Waals surface area (Å²) in [5, 5.41) is 14.3. The number of nitro groups is 1. The minimum Gasteiger partial charge on any atom is -0.354 e. The van der Waals surface area contributed by atoms with Crippen LogP contribution < -0.4 is 9.62 Å². The molecule has 2 amide bonds.